The Bertz CT molecular complexity index is 1060. The Morgan fingerprint density at radius 3 is 2.03 bits per heavy atom. The summed E-state index contributed by atoms with van der Waals surface area (Å²) in [7, 11) is 0. The van der Waals surface area contributed by atoms with Gasteiger partial charge in [0.2, 0.25) is 0 Å². The lowest BCUT2D eigenvalue weighted by Gasteiger charge is -2.14. The molecule has 0 unspecified atom stereocenters. The highest BCUT2D eigenvalue weighted by molar-refractivity contribution is 7.99. The monoisotopic (exact) mass is 505 g/mol. The summed E-state index contributed by atoms with van der Waals surface area (Å²) < 4.78 is 0. The lowest BCUT2D eigenvalue weighted by Crippen LogP contribution is -2.42. The van der Waals surface area contributed by atoms with Crippen LogP contribution in [0.4, 0.5) is 0 Å². The lowest BCUT2D eigenvalue weighted by molar-refractivity contribution is -0.138. The fourth-order valence-electron chi connectivity index (χ4n) is 3.59. The third kappa shape index (κ3) is 11.1. The minimum Gasteiger partial charge on any atom is -0.480 e. The second-order valence-corrected chi connectivity index (χ2v) is 10.4. The smallest absolute Gasteiger partial charge is 0.327 e. The van der Waals surface area contributed by atoms with E-state index in [1.54, 1.807) is 12.1 Å². The molecular formula is C31H39NO3S. The summed E-state index contributed by atoms with van der Waals surface area (Å²) in [6, 6.07) is 16.2. The number of carboxylic acid groups (broad SMARTS) is 1. The summed E-state index contributed by atoms with van der Waals surface area (Å²) in [6.07, 6.45) is 10.9. The van der Waals surface area contributed by atoms with Gasteiger partial charge in [-0.25, -0.2) is 4.79 Å². The van der Waals surface area contributed by atoms with Crippen molar-refractivity contribution in [1.29, 1.82) is 0 Å². The summed E-state index contributed by atoms with van der Waals surface area (Å²) in [6.45, 7) is 8.55. The van der Waals surface area contributed by atoms with E-state index in [9.17, 15) is 14.7 Å². The molecule has 2 N–H and O–H groups in total. The summed E-state index contributed by atoms with van der Waals surface area (Å²) in [5.41, 5.74) is 6.61. The molecule has 0 aromatic heterocycles. The Morgan fingerprint density at radius 1 is 0.833 bits per heavy atom. The molecule has 1 amide bonds. The fraction of sp³-hybridized carbons (Fsp3) is 0.355. The van der Waals surface area contributed by atoms with Gasteiger partial charge in [0.15, 0.2) is 0 Å². The molecule has 0 spiro atoms. The van der Waals surface area contributed by atoms with E-state index >= 15 is 0 Å². The molecule has 2 rings (SSSR count). The van der Waals surface area contributed by atoms with Gasteiger partial charge in [-0.2, -0.15) is 11.8 Å². The first-order valence-corrected chi connectivity index (χ1v) is 13.6. The zero-order valence-electron chi connectivity index (χ0n) is 21.9. The number of aliphatic carboxylic acids is 1. The van der Waals surface area contributed by atoms with Crippen molar-refractivity contribution in [1.82, 2.24) is 5.32 Å². The topological polar surface area (TPSA) is 66.4 Å². The van der Waals surface area contributed by atoms with E-state index in [0.717, 1.165) is 42.6 Å². The molecule has 192 valence electrons. The van der Waals surface area contributed by atoms with E-state index in [-0.39, 0.29) is 5.91 Å². The van der Waals surface area contributed by atoms with Gasteiger partial charge in [-0.05, 0) is 76.6 Å². The molecule has 2 aromatic rings. The minimum atomic E-state index is -1.02. The van der Waals surface area contributed by atoms with Crippen molar-refractivity contribution in [2.75, 3.05) is 11.5 Å². The number of thioether (sulfide) groups is 1. The summed E-state index contributed by atoms with van der Waals surface area (Å²) in [5.74, 6) is -0.358. The number of allylic oxidation sites excluding steroid dienone is 5. The number of rotatable bonds is 14. The van der Waals surface area contributed by atoms with Crippen LogP contribution in [0.15, 0.2) is 89.5 Å². The Morgan fingerprint density at radius 2 is 1.42 bits per heavy atom. The molecule has 0 saturated heterocycles. The molecule has 0 aliphatic heterocycles. The fourth-order valence-corrected chi connectivity index (χ4v) is 4.59. The third-order valence-corrected chi connectivity index (χ3v) is 6.79. The second-order valence-electron chi connectivity index (χ2n) is 9.30. The van der Waals surface area contributed by atoms with Crippen LogP contribution >= 0.6 is 11.8 Å². The number of carbonyl (C=O) groups excluding carboxylic acids is 1. The predicted octanol–water partition coefficient (Wildman–Crippen LogP) is 7.69. The van der Waals surface area contributed by atoms with Gasteiger partial charge in [-0.15, -0.1) is 0 Å². The van der Waals surface area contributed by atoms with Gasteiger partial charge in [0.25, 0.3) is 5.91 Å². The number of hydrogen-bond donors (Lipinski definition) is 2. The quantitative estimate of drug-likeness (QED) is 0.204. The number of hydrogen-bond acceptors (Lipinski definition) is 3. The first-order valence-electron chi connectivity index (χ1n) is 12.5. The van der Waals surface area contributed by atoms with Crippen LogP contribution in [-0.4, -0.2) is 34.5 Å². The van der Waals surface area contributed by atoms with E-state index < -0.39 is 12.0 Å². The average molecular weight is 506 g/mol. The van der Waals surface area contributed by atoms with Crippen LogP contribution in [0.2, 0.25) is 0 Å². The van der Waals surface area contributed by atoms with Gasteiger partial charge >= 0.3 is 5.97 Å². The van der Waals surface area contributed by atoms with Gasteiger partial charge < -0.3 is 10.4 Å². The molecule has 0 radical (unpaired) electrons. The zero-order valence-corrected chi connectivity index (χ0v) is 22.7. The first-order chi connectivity index (χ1) is 17.3. The van der Waals surface area contributed by atoms with Gasteiger partial charge in [0, 0.05) is 17.1 Å². The van der Waals surface area contributed by atoms with Crippen LogP contribution in [0, 0.1) is 0 Å². The number of amides is 1. The predicted molar refractivity (Wildman–Crippen MR) is 154 cm³/mol. The van der Waals surface area contributed by atoms with Crippen molar-refractivity contribution in [3.05, 3.63) is 95.1 Å². The highest BCUT2D eigenvalue weighted by Gasteiger charge is 2.20. The normalized spacial score (nSPS) is 12.7. The average Bonchev–Trinajstić information content (AvgIpc) is 2.86. The highest BCUT2D eigenvalue weighted by atomic mass is 32.2. The van der Waals surface area contributed by atoms with Gasteiger partial charge in [-0.1, -0.05) is 77.4 Å². The SMILES string of the molecule is CC(C)=CCC/C(C)=C/CC/C(C)=C/CSC[C@H](NC(=O)c1ccc(-c2ccccc2)cc1)C(=O)O. The largest absolute Gasteiger partial charge is 0.480 e. The Hall–Kier alpha value is -3.05. The van der Waals surface area contributed by atoms with Crippen molar-refractivity contribution in [3.8, 4) is 11.1 Å². The number of carbonyl (C=O) groups is 2. The summed E-state index contributed by atoms with van der Waals surface area (Å²) in [4.78, 5) is 24.3. The van der Waals surface area contributed by atoms with E-state index in [4.69, 9.17) is 0 Å². The summed E-state index contributed by atoms with van der Waals surface area (Å²) in [5, 5.41) is 12.2. The molecule has 5 heteroatoms. The maximum absolute atomic E-state index is 12.6. The van der Waals surface area contributed by atoms with Crippen molar-refractivity contribution < 1.29 is 14.7 Å². The van der Waals surface area contributed by atoms with Crippen LogP contribution in [0.5, 0.6) is 0 Å². The van der Waals surface area contributed by atoms with Crippen LogP contribution in [0.3, 0.4) is 0 Å². The van der Waals surface area contributed by atoms with Crippen LogP contribution in [-0.2, 0) is 4.79 Å². The van der Waals surface area contributed by atoms with Crippen molar-refractivity contribution in [2.24, 2.45) is 0 Å². The molecule has 0 aliphatic rings. The van der Waals surface area contributed by atoms with Crippen LogP contribution in [0.1, 0.15) is 63.7 Å². The molecule has 0 aliphatic carbocycles. The van der Waals surface area contributed by atoms with E-state index in [1.807, 2.05) is 42.5 Å². The molecular weight excluding hydrogens is 466 g/mol. The first kappa shape index (κ1) is 29.2. The highest BCUT2D eigenvalue weighted by Crippen LogP contribution is 2.19. The molecule has 0 bridgehead atoms. The molecule has 0 heterocycles. The third-order valence-electron chi connectivity index (χ3n) is 5.81. The molecule has 2 aromatic carbocycles. The number of benzene rings is 2. The maximum Gasteiger partial charge on any atom is 0.327 e. The maximum atomic E-state index is 12.6. The Labute approximate surface area is 220 Å². The summed E-state index contributed by atoms with van der Waals surface area (Å²) >= 11 is 1.51. The van der Waals surface area contributed by atoms with Crippen LogP contribution < -0.4 is 5.32 Å². The van der Waals surface area contributed by atoms with Crippen molar-refractivity contribution >= 4 is 23.6 Å². The van der Waals surface area contributed by atoms with Crippen LogP contribution in [0.25, 0.3) is 11.1 Å². The molecule has 1 atom stereocenters. The lowest BCUT2D eigenvalue weighted by atomic mass is 10.0. The van der Waals surface area contributed by atoms with Crippen molar-refractivity contribution in [2.45, 2.75) is 59.4 Å². The zero-order chi connectivity index (χ0) is 26.3. The standard InChI is InChI=1S/C31H39NO3S/c1-23(2)10-8-11-24(3)12-9-13-25(4)20-21-36-22-29(31(34)35)32-30(33)28-18-16-27(17-19-28)26-14-6-5-7-15-26/h5-7,10,12,14-20,29H,8-9,11,13,21-22H2,1-4H3,(H,32,33)(H,34,35)/b24-12+,25-20+/t29-/m0/s1. The number of nitrogens with one attached hydrogen (secondary N) is 1. The molecule has 0 fully saturated rings. The molecule has 4 nitrogen and oxygen atoms in total. The van der Waals surface area contributed by atoms with E-state index in [1.165, 1.54) is 28.5 Å². The number of carboxylic acids is 1. The second kappa shape index (κ2) is 15.8. The molecule has 0 saturated carbocycles. The van der Waals surface area contributed by atoms with Gasteiger partial charge in [0.05, 0.1) is 0 Å². The Balaban J connectivity index is 1.77. The van der Waals surface area contributed by atoms with Gasteiger partial charge in [0.1, 0.15) is 6.04 Å². The Kier molecular flexibility index (Phi) is 12.8. The van der Waals surface area contributed by atoms with Crippen molar-refractivity contribution in [3.63, 3.8) is 0 Å². The van der Waals surface area contributed by atoms with E-state index in [0.29, 0.717) is 11.3 Å². The van der Waals surface area contributed by atoms with Gasteiger partial charge in [-0.3, -0.25) is 4.79 Å². The minimum absolute atomic E-state index is 0.316. The van der Waals surface area contributed by atoms with E-state index in [2.05, 4.69) is 51.2 Å². The molecule has 36 heavy (non-hydrogen) atoms.